The first-order chi connectivity index (χ1) is 14.2. The third-order valence-electron chi connectivity index (χ3n) is 5.51. The highest BCUT2D eigenvalue weighted by Gasteiger charge is 2.28. The molecule has 1 atom stereocenters. The normalized spacial score (nSPS) is 19.1. The number of nitrogens with zero attached hydrogens (tertiary/aromatic N) is 4. The van der Waals surface area contributed by atoms with Crippen molar-refractivity contribution in [3.05, 3.63) is 47.2 Å². The minimum Gasteiger partial charge on any atom is -0.473 e. The average Bonchev–Trinajstić information content (AvgIpc) is 3.47. The molecule has 1 saturated carbocycles. The van der Waals surface area contributed by atoms with Crippen molar-refractivity contribution >= 4 is 17.2 Å². The van der Waals surface area contributed by atoms with Gasteiger partial charge < -0.3 is 15.4 Å². The molecule has 1 aliphatic heterocycles. The lowest BCUT2D eigenvalue weighted by molar-refractivity contribution is 0.161. The Bertz CT molecular complexity index is 1090. The minimum absolute atomic E-state index is 0.128. The van der Waals surface area contributed by atoms with Gasteiger partial charge in [-0.3, -0.25) is 0 Å². The maximum atomic E-state index is 9.29. The summed E-state index contributed by atoms with van der Waals surface area (Å²) in [6.07, 6.45) is 6.57. The van der Waals surface area contributed by atoms with E-state index in [4.69, 9.17) is 9.72 Å². The number of hydrogen-bond donors (Lipinski definition) is 2. The Morgan fingerprint density at radius 1 is 1.24 bits per heavy atom. The fraction of sp³-hybridized carbons (Fsp3) is 0.409. The molecule has 1 aromatic carbocycles. The molecule has 1 unspecified atom stereocenters. The van der Waals surface area contributed by atoms with E-state index in [1.54, 1.807) is 0 Å². The van der Waals surface area contributed by atoms with Crippen LogP contribution in [-0.2, 0) is 0 Å². The van der Waals surface area contributed by atoms with Crippen molar-refractivity contribution in [2.75, 3.05) is 18.4 Å². The van der Waals surface area contributed by atoms with E-state index in [2.05, 4.69) is 21.8 Å². The molecule has 2 aromatic heterocycles. The maximum Gasteiger partial charge on any atom is 0.219 e. The van der Waals surface area contributed by atoms with Crippen LogP contribution in [0.5, 0.6) is 5.88 Å². The predicted octanol–water partition coefficient (Wildman–Crippen LogP) is 3.66. The van der Waals surface area contributed by atoms with Crippen LogP contribution in [-0.4, -0.2) is 33.8 Å². The van der Waals surface area contributed by atoms with Crippen LogP contribution >= 0.6 is 0 Å². The lowest BCUT2D eigenvalue weighted by Gasteiger charge is -2.23. The summed E-state index contributed by atoms with van der Waals surface area (Å²) in [4.78, 5) is 4.80. The van der Waals surface area contributed by atoms with Gasteiger partial charge in [0.15, 0.2) is 5.65 Å². The van der Waals surface area contributed by atoms with E-state index in [9.17, 15) is 5.26 Å². The number of aryl methyl sites for hydroxylation is 1. The van der Waals surface area contributed by atoms with E-state index in [0.29, 0.717) is 17.4 Å². The lowest BCUT2D eigenvalue weighted by atomic mass is 10.1. The van der Waals surface area contributed by atoms with Gasteiger partial charge in [0, 0.05) is 23.9 Å². The zero-order valence-corrected chi connectivity index (χ0v) is 16.5. The fourth-order valence-corrected chi connectivity index (χ4v) is 3.95. The number of fused-ring (bicyclic) bond motifs is 1. The average molecular weight is 388 g/mol. The Hall–Kier alpha value is -3.11. The summed E-state index contributed by atoms with van der Waals surface area (Å²) in [5.41, 5.74) is 4.54. The van der Waals surface area contributed by atoms with Gasteiger partial charge in [0.2, 0.25) is 5.88 Å². The molecule has 1 aliphatic carbocycles. The van der Waals surface area contributed by atoms with Crippen molar-refractivity contribution in [1.29, 1.82) is 5.26 Å². The van der Waals surface area contributed by atoms with E-state index in [1.165, 1.54) is 18.4 Å². The SMILES string of the molecule is Cc1cc(C#N)cc(Nc2cc(OC3CCCNC3)nc3c(C4CC4)cnn23)c1. The number of piperidine rings is 1. The largest absolute Gasteiger partial charge is 0.473 e. The van der Waals surface area contributed by atoms with Crippen LogP contribution in [0.1, 0.15) is 48.3 Å². The van der Waals surface area contributed by atoms with Crippen molar-refractivity contribution < 1.29 is 4.74 Å². The van der Waals surface area contributed by atoms with Crippen LogP contribution in [0.3, 0.4) is 0 Å². The number of anilines is 2. The molecule has 2 fully saturated rings. The fourth-order valence-electron chi connectivity index (χ4n) is 3.95. The Labute approximate surface area is 169 Å². The smallest absolute Gasteiger partial charge is 0.219 e. The molecular weight excluding hydrogens is 364 g/mol. The van der Waals surface area contributed by atoms with E-state index >= 15 is 0 Å². The first-order valence-electron chi connectivity index (χ1n) is 10.2. The quantitative estimate of drug-likeness (QED) is 0.694. The summed E-state index contributed by atoms with van der Waals surface area (Å²) in [5.74, 6) is 1.95. The summed E-state index contributed by atoms with van der Waals surface area (Å²) in [5, 5.41) is 20.7. The van der Waals surface area contributed by atoms with Crippen molar-refractivity contribution in [2.45, 2.75) is 44.6 Å². The summed E-state index contributed by atoms with van der Waals surface area (Å²) in [7, 11) is 0. The van der Waals surface area contributed by atoms with Gasteiger partial charge in [-0.05, 0) is 68.8 Å². The van der Waals surface area contributed by atoms with E-state index < -0.39 is 0 Å². The highest BCUT2D eigenvalue weighted by molar-refractivity contribution is 5.65. The third kappa shape index (κ3) is 3.76. The van der Waals surface area contributed by atoms with E-state index in [-0.39, 0.29) is 6.10 Å². The molecule has 0 spiro atoms. The number of aromatic nitrogens is 3. The van der Waals surface area contributed by atoms with Gasteiger partial charge in [0.05, 0.1) is 17.8 Å². The van der Waals surface area contributed by atoms with Gasteiger partial charge in [-0.1, -0.05) is 0 Å². The lowest BCUT2D eigenvalue weighted by Crippen LogP contribution is -2.37. The molecule has 148 valence electrons. The molecule has 3 heterocycles. The first-order valence-corrected chi connectivity index (χ1v) is 10.2. The Balaban J connectivity index is 1.54. The summed E-state index contributed by atoms with van der Waals surface area (Å²) >= 11 is 0. The monoisotopic (exact) mass is 388 g/mol. The second-order valence-corrected chi connectivity index (χ2v) is 8.00. The second kappa shape index (κ2) is 7.37. The van der Waals surface area contributed by atoms with Gasteiger partial charge in [0.25, 0.3) is 0 Å². The Morgan fingerprint density at radius 3 is 2.90 bits per heavy atom. The van der Waals surface area contributed by atoms with E-state index in [0.717, 1.165) is 48.6 Å². The standard InChI is InChI=1S/C22H24N6O/c1-14-7-15(11-23)9-17(8-14)26-20-10-21(29-18-3-2-6-24-12-18)27-22-19(16-4-5-16)13-25-28(20)22/h7-10,13,16,18,24,26H,2-6,12H2,1H3. The minimum atomic E-state index is 0.128. The molecular formula is C22H24N6O. The summed E-state index contributed by atoms with van der Waals surface area (Å²) in [6, 6.07) is 9.85. The Kier molecular flexibility index (Phi) is 4.57. The predicted molar refractivity (Wildman–Crippen MR) is 111 cm³/mol. The zero-order valence-electron chi connectivity index (χ0n) is 16.5. The molecule has 1 saturated heterocycles. The van der Waals surface area contributed by atoms with Crippen molar-refractivity contribution in [2.24, 2.45) is 0 Å². The summed E-state index contributed by atoms with van der Waals surface area (Å²) in [6.45, 7) is 3.87. The van der Waals surface area contributed by atoms with E-state index in [1.807, 2.05) is 41.9 Å². The van der Waals surface area contributed by atoms with Crippen molar-refractivity contribution in [3.63, 3.8) is 0 Å². The topological polar surface area (TPSA) is 87.3 Å². The number of rotatable bonds is 5. The van der Waals surface area contributed by atoms with Crippen molar-refractivity contribution in [3.8, 4) is 11.9 Å². The van der Waals surface area contributed by atoms with Crippen LogP contribution in [0.2, 0.25) is 0 Å². The molecule has 7 nitrogen and oxygen atoms in total. The molecule has 5 rings (SSSR count). The maximum absolute atomic E-state index is 9.29. The summed E-state index contributed by atoms with van der Waals surface area (Å²) < 4.78 is 8.07. The van der Waals surface area contributed by atoms with Gasteiger partial charge in [-0.25, -0.2) is 0 Å². The van der Waals surface area contributed by atoms with Crippen LogP contribution < -0.4 is 15.4 Å². The number of nitrogens with one attached hydrogen (secondary N) is 2. The van der Waals surface area contributed by atoms with Crippen LogP contribution in [0.25, 0.3) is 5.65 Å². The van der Waals surface area contributed by atoms with Gasteiger partial charge in [-0.15, -0.1) is 0 Å². The second-order valence-electron chi connectivity index (χ2n) is 8.00. The molecule has 7 heteroatoms. The number of ether oxygens (including phenoxy) is 1. The number of nitriles is 1. The zero-order chi connectivity index (χ0) is 19.8. The molecule has 2 aliphatic rings. The molecule has 0 amide bonds. The van der Waals surface area contributed by atoms with Gasteiger partial charge in [-0.2, -0.15) is 19.9 Å². The Morgan fingerprint density at radius 2 is 2.14 bits per heavy atom. The first kappa shape index (κ1) is 18.0. The van der Waals surface area contributed by atoms with Gasteiger partial charge in [0.1, 0.15) is 11.9 Å². The highest BCUT2D eigenvalue weighted by Crippen LogP contribution is 2.42. The van der Waals surface area contributed by atoms with Crippen LogP contribution in [0.15, 0.2) is 30.5 Å². The number of benzene rings is 1. The van der Waals surface area contributed by atoms with Crippen LogP contribution in [0.4, 0.5) is 11.5 Å². The third-order valence-corrected chi connectivity index (χ3v) is 5.51. The highest BCUT2D eigenvalue weighted by atomic mass is 16.5. The van der Waals surface area contributed by atoms with Crippen molar-refractivity contribution in [1.82, 2.24) is 19.9 Å². The molecule has 2 N–H and O–H groups in total. The molecule has 29 heavy (non-hydrogen) atoms. The van der Waals surface area contributed by atoms with Gasteiger partial charge >= 0.3 is 0 Å². The number of hydrogen-bond acceptors (Lipinski definition) is 6. The molecule has 0 radical (unpaired) electrons. The molecule has 3 aromatic rings. The van der Waals surface area contributed by atoms with Crippen LogP contribution in [0, 0.1) is 18.3 Å². The molecule has 0 bridgehead atoms.